The lowest BCUT2D eigenvalue weighted by atomic mass is 10.1. The van der Waals surface area contributed by atoms with Gasteiger partial charge in [-0.15, -0.1) is 0 Å². The van der Waals surface area contributed by atoms with E-state index in [-0.39, 0.29) is 23.4 Å². The van der Waals surface area contributed by atoms with Gasteiger partial charge < -0.3 is 18.9 Å². The lowest BCUT2D eigenvalue weighted by Gasteiger charge is -2.23. The topological polar surface area (TPSA) is 108 Å². The first kappa shape index (κ1) is 21.6. The molecular weight excluding hydrogens is 443 g/mol. The molecule has 0 aliphatic carbocycles. The molecule has 1 saturated heterocycles. The Morgan fingerprint density at radius 2 is 1.97 bits per heavy atom. The second-order valence-corrected chi connectivity index (χ2v) is 7.64. The molecule has 1 atom stereocenters. The normalized spacial score (nSPS) is 15.5. The Bertz CT molecular complexity index is 1320. The Morgan fingerprint density at radius 3 is 2.74 bits per heavy atom. The van der Waals surface area contributed by atoms with Gasteiger partial charge in [0.15, 0.2) is 11.6 Å². The highest BCUT2D eigenvalue weighted by Gasteiger charge is 2.36. The van der Waals surface area contributed by atoms with E-state index in [0.717, 1.165) is 6.42 Å². The largest absolute Gasteiger partial charge is 0.497 e. The van der Waals surface area contributed by atoms with E-state index < -0.39 is 11.9 Å². The van der Waals surface area contributed by atoms with E-state index in [1.165, 1.54) is 37.5 Å². The first-order chi connectivity index (χ1) is 16.6. The summed E-state index contributed by atoms with van der Waals surface area (Å²) in [6, 6.07) is 9.19. The molecule has 34 heavy (non-hydrogen) atoms. The number of carbonyl (C=O) groups is 1. The van der Waals surface area contributed by atoms with Crippen LogP contribution in [0.5, 0.6) is 11.5 Å². The summed E-state index contributed by atoms with van der Waals surface area (Å²) >= 11 is 0. The molecule has 1 aliphatic rings. The predicted octanol–water partition coefficient (Wildman–Crippen LogP) is 3.45. The number of para-hydroxylation sites is 1. The van der Waals surface area contributed by atoms with Crippen LogP contribution in [0.2, 0.25) is 0 Å². The van der Waals surface area contributed by atoms with Crippen molar-refractivity contribution < 1.29 is 23.2 Å². The van der Waals surface area contributed by atoms with Crippen molar-refractivity contribution in [2.24, 2.45) is 0 Å². The fourth-order valence-corrected chi connectivity index (χ4v) is 4.12. The third kappa shape index (κ3) is 3.74. The molecule has 0 saturated carbocycles. The van der Waals surface area contributed by atoms with Gasteiger partial charge in [-0.1, -0.05) is 11.2 Å². The van der Waals surface area contributed by atoms with E-state index >= 15 is 0 Å². The lowest BCUT2D eigenvalue weighted by molar-refractivity contribution is 0.0709. The second-order valence-electron chi connectivity index (χ2n) is 7.64. The molecule has 3 heterocycles. The summed E-state index contributed by atoms with van der Waals surface area (Å²) in [4.78, 5) is 21.2. The predicted molar refractivity (Wildman–Crippen MR) is 117 cm³/mol. The van der Waals surface area contributed by atoms with E-state index in [1.807, 2.05) is 0 Å². The number of rotatable bonds is 6. The van der Waals surface area contributed by atoms with Crippen molar-refractivity contribution in [3.05, 3.63) is 66.1 Å². The van der Waals surface area contributed by atoms with Crippen LogP contribution in [0.15, 0.2) is 53.3 Å². The van der Waals surface area contributed by atoms with E-state index in [2.05, 4.69) is 20.3 Å². The molecule has 10 nitrogen and oxygen atoms in total. The van der Waals surface area contributed by atoms with Crippen molar-refractivity contribution in [2.75, 3.05) is 20.8 Å². The van der Waals surface area contributed by atoms with Gasteiger partial charge in [0.1, 0.15) is 11.8 Å². The van der Waals surface area contributed by atoms with Crippen LogP contribution in [0, 0.1) is 5.82 Å². The standard InChI is InChI=1S/C23H21FN6O4/c1-32-14-8-9-18(30-25-10-11-26-30)16(13-14)23(31)29-12-4-7-19(29)22-27-21(28-34-22)15-5-3-6-17(24)20(15)33-2/h3,5-6,8-11,13,19H,4,7,12H2,1-2H3/t19-/m0/s1. The van der Waals surface area contributed by atoms with Crippen molar-refractivity contribution in [3.8, 4) is 28.6 Å². The smallest absolute Gasteiger partial charge is 0.256 e. The summed E-state index contributed by atoms with van der Waals surface area (Å²) in [6.07, 6.45) is 4.49. The van der Waals surface area contributed by atoms with Crippen molar-refractivity contribution in [3.63, 3.8) is 0 Å². The van der Waals surface area contributed by atoms with Crippen LogP contribution in [0.4, 0.5) is 4.39 Å². The van der Waals surface area contributed by atoms with Crippen LogP contribution in [-0.2, 0) is 0 Å². The molecule has 5 rings (SSSR count). The number of hydrogen-bond acceptors (Lipinski definition) is 8. The molecule has 0 bridgehead atoms. The highest BCUT2D eigenvalue weighted by atomic mass is 19.1. The zero-order valence-corrected chi connectivity index (χ0v) is 18.5. The van der Waals surface area contributed by atoms with E-state index in [9.17, 15) is 9.18 Å². The van der Waals surface area contributed by atoms with Crippen molar-refractivity contribution in [1.29, 1.82) is 0 Å². The van der Waals surface area contributed by atoms with Crippen molar-refractivity contribution in [2.45, 2.75) is 18.9 Å². The molecule has 1 fully saturated rings. The SMILES string of the molecule is COc1ccc(-n2nccn2)c(C(=O)N2CCC[C@H]2c2nc(-c3cccc(F)c3OC)no2)c1. The van der Waals surface area contributed by atoms with Gasteiger partial charge in [0.25, 0.3) is 5.91 Å². The number of benzene rings is 2. The molecule has 0 spiro atoms. The number of amides is 1. The summed E-state index contributed by atoms with van der Waals surface area (Å²) in [5.41, 5.74) is 1.28. The first-order valence-corrected chi connectivity index (χ1v) is 10.6. The number of methoxy groups -OCH3 is 2. The number of halogens is 1. The minimum atomic E-state index is -0.526. The summed E-state index contributed by atoms with van der Waals surface area (Å²) < 4.78 is 30.1. The zero-order chi connectivity index (χ0) is 23.7. The Morgan fingerprint density at radius 1 is 1.15 bits per heavy atom. The van der Waals surface area contributed by atoms with Gasteiger partial charge in [-0.05, 0) is 43.2 Å². The molecule has 1 amide bonds. The first-order valence-electron chi connectivity index (χ1n) is 10.6. The summed E-state index contributed by atoms with van der Waals surface area (Å²) in [5.74, 6) is 0.260. The molecule has 1 aliphatic heterocycles. The van der Waals surface area contributed by atoms with Crippen LogP contribution >= 0.6 is 0 Å². The van der Waals surface area contributed by atoms with Gasteiger partial charge in [-0.25, -0.2) is 4.39 Å². The van der Waals surface area contributed by atoms with Crippen molar-refractivity contribution in [1.82, 2.24) is 30.0 Å². The minimum Gasteiger partial charge on any atom is -0.497 e. The maximum atomic E-state index is 14.1. The van der Waals surface area contributed by atoms with Gasteiger partial charge in [0.05, 0.1) is 43.4 Å². The quantitative estimate of drug-likeness (QED) is 0.427. The van der Waals surface area contributed by atoms with E-state index in [4.69, 9.17) is 14.0 Å². The van der Waals surface area contributed by atoms with Crippen LogP contribution < -0.4 is 9.47 Å². The molecule has 0 unspecified atom stereocenters. The third-order valence-corrected chi connectivity index (χ3v) is 5.72. The maximum absolute atomic E-state index is 14.1. The molecule has 174 valence electrons. The van der Waals surface area contributed by atoms with Crippen LogP contribution in [0.1, 0.15) is 35.1 Å². The molecule has 0 N–H and O–H groups in total. The van der Waals surface area contributed by atoms with E-state index in [0.29, 0.717) is 35.5 Å². The van der Waals surface area contributed by atoms with Gasteiger partial charge in [0, 0.05) is 6.54 Å². The number of carbonyl (C=O) groups excluding carboxylic acids is 1. The van der Waals surface area contributed by atoms with Gasteiger partial charge >= 0.3 is 0 Å². The number of likely N-dealkylation sites (tertiary alicyclic amines) is 1. The lowest BCUT2D eigenvalue weighted by Crippen LogP contribution is -2.31. The Hall–Kier alpha value is -4.28. The van der Waals surface area contributed by atoms with Crippen LogP contribution in [0.3, 0.4) is 0 Å². The van der Waals surface area contributed by atoms with Crippen molar-refractivity contribution >= 4 is 5.91 Å². The molecule has 2 aromatic carbocycles. The average Bonchev–Trinajstić information content (AvgIpc) is 3.64. The highest BCUT2D eigenvalue weighted by molar-refractivity contribution is 5.98. The Kier molecular flexibility index (Phi) is 5.66. The van der Waals surface area contributed by atoms with Crippen LogP contribution in [0.25, 0.3) is 17.1 Å². The second kappa shape index (κ2) is 8.93. The molecule has 2 aromatic heterocycles. The Labute approximate surface area is 193 Å². The fraction of sp³-hybridized carbons (Fsp3) is 0.261. The highest BCUT2D eigenvalue weighted by Crippen LogP contribution is 2.36. The Balaban J connectivity index is 1.48. The molecular formula is C23H21FN6O4. The number of aromatic nitrogens is 5. The fourth-order valence-electron chi connectivity index (χ4n) is 4.12. The summed E-state index contributed by atoms with van der Waals surface area (Å²) in [6.45, 7) is 0.508. The van der Waals surface area contributed by atoms with Gasteiger partial charge in [-0.2, -0.15) is 20.0 Å². The molecule has 0 radical (unpaired) electrons. The maximum Gasteiger partial charge on any atom is 0.256 e. The minimum absolute atomic E-state index is 0.0296. The monoisotopic (exact) mass is 464 g/mol. The zero-order valence-electron chi connectivity index (χ0n) is 18.5. The molecule has 4 aromatic rings. The summed E-state index contributed by atoms with van der Waals surface area (Å²) in [5, 5.41) is 12.3. The van der Waals surface area contributed by atoms with Crippen LogP contribution in [-0.4, -0.2) is 56.7 Å². The number of hydrogen-bond donors (Lipinski definition) is 0. The van der Waals surface area contributed by atoms with Gasteiger partial charge in [-0.3, -0.25) is 4.79 Å². The molecule has 11 heteroatoms. The summed E-state index contributed by atoms with van der Waals surface area (Å²) in [7, 11) is 2.91. The van der Waals surface area contributed by atoms with Gasteiger partial charge in [0.2, 0.25) is 11.7 Å². The third-order valence-electron chi connectivity index (χ3n) is 5.72. The number of nitrogens with zero attached hydrogens (tertiary/aromatic N) is 6. The number of ether oxygens (including phenoxy) is 2. The average molecular weight is 464 g/mol. The van der Waals surface area contributed by atoms with E-state index in [1.54, 1.807) is 35.2 Å².